The van der Waals surface area contributed by atoms with E-state index in [-0.39, 0.29) is 5.41 Å². The van der Waals surface area contributed by atoms with E-state index in [1.165, 1.54) is 16.7 Å². The summed E-state index contributed by atoms with van der Waals surface area (Å²) in [6, 6.07) is 4.19. The van der Waals surface area contributed by atoms with Crippen LogP contribution in [-0.2, 0) is 5.41 Å². The molecular formula is C14H25N3O. The molecule has 102 valence electrons. The highest BCUT2D eigenvalue weighted by Gasteiger charge is 2.23. The van der Waals surface area contributed by atoms with Crippen LogP contribution in [-0.4, -0.2) is 20.3 Å². The zero-order valence-electron chi connectivity index (χ0n) is 12.1. The molecule has 0 aliphatic rings. The fourth-order valence-electron chi connectivity index (χ4n) is 2.29. The van der Waals surface area contributed by atoms with Crippen LogP contribution in [0.2, 0.25) is 0 Å². The predicted molar refractivity (Wildman–Crippen MR) is 75.7 cm³/mol. The van der Waals surface area contributed by atoms with E-state index in [0.29, 0.717) is 6.67 Å². The lowest BCUT2D eigenvalue weighted by Gasteiger charge is -2.29. The van der Waals surface area contributed by atoms with E-state index >= 15 is 0 Å². The van der Waals surface area contributed by atoms with E-state index in [1.54, 1.807) is 7.11 Å². The molecule has 0 unspecified atom stereocenters. The molecule has 0 amide bonds. The lowest BCUT2D eigenvalue weighted by atomic mass is 9.80. The van der Waals surface area contributed by atoms with Crippen LogP contribution in [0.4, 0.5) is 0 Å². The summed E-state index contributed by atoms with van der Waals surface area (Å²) in [7, 11) is 1.71. The minimum Gasteiger partial charge on any atom is -0.496 e. The van der Waals surface area contributed by atoms with Crippen LogP contribution in [0.25, 0.3) is 0 Å². The third-order valence-corrected chi connectivity index (χ3v) is 3.48. The maximum atomic E-state index is 5.35. The number of hydrogen-bond donors (Lipinski definition) is 3. The topological polar surface area (TPSA) is 59.3 Å². The minimum atomic E-state index is 0.0535. The first-order valence-corrected chi connectivity index (χ1v) is 6.23. The van der Waals surface area contributed by atoms with Crippen LogP contribution < -0.4 is 21.3 Å². The zero-order chi connectivity index (χ0) is 13.8. The van der Waals surface area contributed by atoms with Crippen molar-refractivity contribution in [1.82, 2.24) is 10.7 Å². The Morgan fingerprint density at radius 1 is 1.22 bits per heavy atom. The minimum absolute atomic E-state index is 0.0535. The van der Waals surface area contributed by atoms with Crippen molar-refractivity contribution in [3.8, 4) is 5.75 Å². The van der Waals surface area contributed by atoms with Crippen molar-refractivity contribution in [1.29, 1.82) is 0 Å². The normalized spacial score (nSPS) is 11.7. The van der Waals surface area contributed by atoms with Crippen LogP contribution in [0.15, 0.2) is 12.1 Å². The summed E-state index contributed by atoms with van der Waals surface area (Å²) < 4.78 is 5.35. The van der Waals surface area contributed by atoms with Gasteiger partial charge in [-0.25, -0.2) is 5.43 Å². The van der Waals surface area contributed by atoms with Gasteiger partial charge in [-0.15, -0.1) is 0 Å². The number of nitrogens with two attached hydrogens (primary N) is 1. The van der Waals surface area contributed by atoms with Gasteiger partial charge >= 0.3 is 0 Å². The third-order valence-electron chi connectivity index (χ3n) is 3.48. The van der Waals surface area contributed by atoms with E-state index in [1.807, 2.05) is 6.07 Å². The Balaban J connectivity index is 2.98. The summed E-state index contributed by atoms with van der Waals surface area (Å²) in [6.45, 7) is 10.2. The van der Waals surface area contributed by atoms with Crippen molar-refractivity contribution >= 4 is 0 Å². The molecule has 0 spiro atoms. The summed E-state index contributed by atoms with van der Waals surface area (Å²) in [5, 5.41) is 3.28. The first kappa shape index (κ1) is 15.0. The third kappa shape index (κ3) is 3.22. The van der Waals surface area contributed by atoms with Crippen LogP contribution >= 0.6 is 0 Å². The van der Waals surface area contributed by atoms with Crippen molar-refractivity contribution < 1.29 is 4.74 Å². The van der Waals surface area contributed by atoms with Crippen LogP contribution in [0, 0.1) is 13.8 Å². The monoisotopic (exact) mass is 251 g/mol. The van der Waals surface area contributed by atoms with Gasteiger partial charge < -0.3 is 10.1 Å². The molecule has 0 radical (unpaired) electrons. The highest BCUT2D eigenvalue weighted by Crippen LogP contribution is 2.31. The van der Waals surface area contributed by atoms with Gasteiger partial charge in [-0.2, -0.15) is 0 Å². The molecule has 0 aliphatic heterocycles. The Morgan fingerprint density at radius 2 is 1.89 bits per heavy atom. The second-order valence-electron chi connectivity index (χ2n) is 5.26. The fourth-order valence-corrected chi connectivity index (χ4v) is 2.29. The molecule has 0 saturated heterocycles. The van der Waals surface area contributed by atoms with E-state index in [4.69, 9.17) is 10.6 Å². The average Bonchev–Trinajstić information content (AvgIpc) is 2.32. The number of hydrazine groups is 1. The smallest absolute Gasteiger partial charge is 0.122 e. The van der Waals surface area contributed by atoms with Gasteiger partial charge in [0.2, 0.25) is 0 Å². The fraction of sp³-hybridized carbons (Fsp3) is 0.571. The Hall–Kier alpha value is -1.10. The van der Waals surface area contributed by atoms with Crippen molar-refractivity contribution in [2.75, 3.05) is 20.3 Å². The van der Waals surface area contributed by atoms with E-state index < -0.39 is 0 Å². The summed E-state index contributed by atoms with van der Waals surface area (Å²) in [4.78, 5) is 0. The van der Waals surface area contributed by atoms with Crippen molar-refractivity contribution in [3.63, 3.8) is 0 Å². The number of rotatable bonds is 6. The number of methoxy groups -OCH3 is 1. The Labute approximate surface area is 110 Å². The number of nitrogens with one attached hydrogen (secondary N) is 2. The van der Waals surface area contributed by atoms with E-state index in [0.717, 1.165) is 12.3 Å². The summed E-state index contributed by atoms with van der Waals surface area (Å²) >= 11 is 0. The lowest BCUT2D eigenvalue weighted by molar-refractivity contribution is 0.409. The quantitative estimate of drug-likeness (QED) is 0.311. The molecular weight excluding hydrogens is 226 g/mol. The number of ether oxygens (including phenoxy) is 1. The molecule has 0 aromatic heterocycles. The Kier molecular flexibility index (Phi) is 5.14. The van der Waals surface area contributed by atoms with Crippen LogP contribution in [0.1, 0.15) is 30.5 Å². The largest absolute Gasteiger partial charge is 0.496 e. The molecule has 18 heavy (non-hydrogen) atoms. The van der Waals surface area contributed by atoms with Crippen molar-refractivity contribution in [2.24, 2.45) is 5.84 Å². The van der Waals surface area contributed by atoms with Gasteiger partial charge in [-0.1, -0.05) is 19.9 Å². The maximum absolute atomic E-state index is 5.35. The summed E-state index contributed by atoms with van der Waals surface area (Å²) in [5.74, 6) is 6.21. The molecule has 0 saturated carbocycles. The van der Waals surface area contributed by atoms with Gasteiger partial charge in [0.05, 0.1) is 13.8 Å². The second kappa shape index (κ2) is 6.18. The summed E-state index contributed by atoms with van der Waals surface area (Å²) in [6.07, 6.45) is 0. The van der Waals surface area contributed by atoms with E-state index in [2.05, 4.69) is 44.5 Å². The standard InChI is InChI=1S/C14H25N3O/c1-10-11(2)13(18-5)7-6-12(10)14(3,4)8-16-9-17-15/h6-7,16-17H,8-9,15H2,1-5H3. The highest BCUT2D eigenvalue weighted by molar-refractivity contribution is 5.46. The first-order chi connectivity index (χ1) is 8.44. The van der Waals surface area contributed by atoms with Gasteiger partial charge in [0, 0.05) is 12.0 Å². The van der Waals surface area contributed by atoms with Gasteiger partial charge in [0.1, 0.15) is 5.75 Å². The lowest BCUT2D eigenvalue weighted by Crippen LogP contribution is -2.40. The Bertz CT molecular complexity index is 402. The summed E-state index contributed by atoms with van der Waals surface area (Å²) in [5.41, 5.74) is 6.50. The Morgan fingerprint density at radius 3 is 2.44 bits per heavy atom. The SMILES string of the molecule is COc1ccc(C(C)(C)CNCNN)c(C)c1C. The van der Waals surface area contributed by atoms with Gasteiger partial charge in [-0.3, -0.25) is 5.84 Å². The van der Waals surface area contributed by atoms with Crippen molar-refractivity contribution in [2.45, 2.75) is 33.1 Å². The van der Waals surface area contributed by atoms with Gasteiger partial charge in [0.25, 0.3) is 0 Å². The molecule has 1 aromatic rings. The molecule has 0 fully saturated rings. The number of benzene rings is 1. The molecule has 0 aliphatic carbocycles. The maximum Gasteiger partial charge on any atom is 0.122 e. The van der Waals surface area contributed by atoms with E-state index in [9.17, 15) is 0 Å². The molecule has 0 atom stereocenters. The molecule has 4 nitrogen and oxygen atoms in total. The molecule has 0 heterocycles. The second-order valence-corrected chi connectivity index (χ2v) is 5.26. The van der Waals surface area contributed by atoms with Crippen molar-refractivity contribution in [3.05, 3.63) is 28.8 Å². The van der Waals surface area contributed by atoms with Crippen LogP contribution in [0.5, 0.6) is 5.75 Å². The molecule has 4 heteroatoms. The first-order valence-electron chi connectivity index (χ1n) is 6.23. The van der Waals surface area contributed by atoms with Crippen LogP contribution in [0.3, 0.4) is 0 Å². The molecule has 1 rings (SSSR count). The highest BCUT2D eigenvalue weighted by atomic mass is 16.5. The zero-order valence-corrected chi connectivity index (χ0v) is 12.1. The molecule has 4 N–H and O–H groups in total. The average molecular weight is 251 g/mol. The van der Waals surface area contributed by atoms with Gasteiger partial charge in [0.15, 0.2) is 0 Å². The predicted octanol–water partition coefficient (Wildman–Crippen LogP) is 1.60. The van der Waals surface area contributed by atoms with Gasteiger partial charge in [-0.05, 0) is 36.6 Å². The molecule has 1 aromatic carbocycles. The molecule has 0 bridgehead atoms. The number of hydrogen-bond acceptors (Lipinski definition) is 4.